The summed E-state index contributed by atoms with van der Waals surface area (Å²) < 4.78 is 44.7. The number of pyridine rings is 1. The van der Waals surface area contributed by atoms with Gasteiger partial charge < -0.3 is 14.2 Å². The van der Waals surface area contributed by atoms with Gasteiger partial charge in [-0.05, 0) is 31.2 Å². The number of sulfone groups is 1. The summed E-state index contributed by atoms with van der Waals surface area (Å²) in [5, 5.41) is 8.11. The zero-order valence-electron chi connectivity index (χ0n) is 19.1. The molecule has 3 aromatic rings. The average molecular weight is 495 g/mol. The van der Waals surface area contributed by atoms with Crippen LogP contribution in [0.25, 0.3) is 5.69 Å². The molecule has 2 heterocycles. The first-order chi connectivity index (χ1) is 15.7. The summed E-state index contributed by atoms with van der Waals surface area (Å²) in [5.41, 5.74) is 1.15. The van der Waals surface area contributed by atoms with Crippen LogP contribution in [0.4, 0.5) is 0 Å². The number of ether oxygens (including phenoxy) is 3. The molecule has 0 aliphatic rings. The Morgan fingerprint density at radius 1 is 1.00 bits per heavy atom. The van der Waals surface area contributed by atoms with E-state index in [2.05, 4.69) is 15.2 Å². The van der Waals surface area contributed by atoms with E-state index >= 15 is 0 Å². The Morgan fingerprint density at radius 2 is 1.64 bits per heavy atom. The van der Waals surface area contributed by atoms with Gasteiger partial charge in [-0.3, -0.25) is 9.55 Å². The highest BCUT2D eigenvalue weighted by atomic mass is 35.5. The minimum absolute atomic E-state index is 0.120. The number of nitrogens with zero attached hydrogens (tertiary/aromatic N) is 4. The molecule has 0 radical (unpaired) electrons. The number of hydrogen-bond acceptors (Lipinski definition) is 8. The summed E-state index contributed by atoms with van der Waals surface area (Å²) in [6, 6.07) is 8.72. The third-order valence-corrected chi connectivity index (χ3v) is 7.94. The minimum atomic E-state index is -3.66. The van der Waals surface area contributed by atoms with E-state index in [0.717, 1.165) is 0 Å². The average Bonchev–Trinajstić information content (AvgIpc) is 3.18. The Balaban J connectivity index is 2.04. The molecule has 0 saturated carbocycles. The number of halogens is 1. The van der Waals surface area contributed by atoms with Crippen LogP contribution in [-0.2, 0) is 26.9 Å². The van der Waals surface area contributed by atoms with Crippen molar-refractivity contribution >= 4 is 21.4 Å². The van der Waals surface area contributed by atoms with E-state index in [-0.39, 0.29) is 24.1 Å². The fourth-order valence-electron chi connectivity index (χ4n) is 3.50. The molecule has 0 amide bonds. The van der Waals surface area contributed by atoms with Crippen LogP contribution >= 0.6 is 11.6 Å². The molecule has 0 bridgehead atoms. The van der Waals surface area contributed by atoms with Crippen molar-refractivity contribution in [2.75, 3.05) is 21.3 Å². The molecule has 0 N–H and O–H groups in total. The van der Waals surface area contributed by atoms with Gasteiger partial charge >= 0.3 is 0 Å². The lowest BCUT2D eigenvalue weighted by molar-refractivity contribution is 0.176. The van der Waals surface area contributed by atoms with Crippen LogP contribution in [0.15, 0.2) is 36.5 Å². The van der Waals surface area contributed by atoms with E-state index in [1.165, 1.54) is 27.5 Å². The molecule has 9 nitrogen and oxygen atoms in total. The van der Waals surface area contributed by atoms with E-state index in [4.69, 9.17) is 25.8 Å². The van der Waals surface area contributed by atoms with E-state index in [0.29, 0.717) is 33.7 Å². The molecule has 1 aromatic carbocycles. The van der Waals surface area contributed by atoms with Crippen LogP contribution in [0, 0.1) is 0 Å². The predicted octanol–water partition coefficient (Wildman–Crippen LogP) is 3.59. The maximum Gasteiger partial charge on any atom is 0.163 e. The van der Waals surface area contributed by atoms with Gasteiger partial charge in [0.05, 0.1) is 24.5 Å². The van der Waals surface area contributed by atoms with Gasteiger partial charge in [-0.25, -0.2) is 8.42 Å². The monoisotopic (exact) mass is 494 g/mol. The molecule has 178 valence electrons. The van der Waals surface area contributed by atoms with Gasteiger partial charge in [-0.2, -0.15) is 0 Å². The summed E-state index contributed by atoms with van der Waals surface area (Å²) in [7, 11) is 0.916. The fraction of sp³-hybridized carbons (Fsp3) is 0.409. The van der Waals surface area contributed by atoms with Gasteiger partial charge in [0.2, 0.25) is 0 Å². The lowest BCUT2D eigenvalue weighted by atomic mass is 10.0. The van der Waals surface area contributed by atoms with Crippen molar-refractivity contribution in [3.8, 4) is 17.2 Å². The first kappa shape index (κ1) is 24.9. The Hall–Kier alpha value is -2.69. The zero-order valence-corrected chi connectivity index (χ0v) is 20.7. The maximum absolute atomic E-state index is 13.4. The third-order valence-electron chi connectivity index (χ3n) is 5.51. The molecular formula is C22H27ClN4O5S. The van der Waals surface area contributed by atoms with E-state index < -0.39 is 15.1 Å². The number of methoxy groups -OCH3 is 3. The van der Waals surface area contributed by atoms with Crippen LogP contribution < -0.4 is 9.47 Å². The Morgan fingerprint density at radius 3 is 2.18 bits per heavy atom. The highest BCUT2D eigenvalue weighted by Gasteiger charge is 2.32. The van der Waals surface area contributed by atoms with Crippen molar-refractivity contribution in [1.29, 1.82) is 0 Å². The molecule has 0 aliphatic heterocycles. The van der Waals surface area contributed by atoms with Gasteiger partial charge in [0.1, 0.15) is 29.5 Å². The minimum Gasteiger partial charge on any atom is -0.494 e. The zero-order chi connectivity index (χ0) is 24.2. The van der Waals surface area contributed by atoms with E-state index in [9.17, 15) is 8.42 Å². The SMILES string of the molecule is COCc1nnc(CS(=O)(=O)[C@@H](C)[C@H](C)c2ccc(Cl)cn2)n1-c1c(OC)cccc1OC. The molecule has 2 aromatic heterocycles. The second-order valence-electron chi connectivity index (χ2n) is 7.51. The molecule has 0 spiro atoms. The second kappa shape index (κ2) is 10.5. The Kier molecular flexibility index (Phi) is 7.93. The summed E-state index contributed by atoms with van der Waals surface area (Å²) in [6.07, 6.45) is 1.51. The van der Waals surface area contributed by atoms with Gasteiger partial charge in [0.25, 0.3) is 0 Å². The van der Waals surface area contributed by atoms with Gasteiger partial charge in [0, 0.05) is 24.9 Å². The molecule has 2 atom stereocenters. The van der Waals surface area contributed by atoms with Crippen LogP contribution in [0.2, 0.25) is 5.02 Å². The molecule has 3 rings (SSSR count). The van der Waals surface area contributed by atoms with Crippen LogP contribution in [-0.4, -0.2) is 54.7 Å². The standard InChI is InChI=1S/C22H27ClN4O5S/c1-14(17-10-9-16(23)11-24-17)15(2)33(28,29)13-21-26-25-20(12-30-3)27(21)22-18(31-4)7-6-8-19(22)32-5/h6-11,14-15H,12-13H2,1-5H3/t14-,15-/m0/s1. The maximum atomic E-state index is 13.4. The molecule has 0 fully saturated rings. The van der Waals surface area contributed by atoms with Crippen LogP contribution in [0.5, 0.6) is 11.5 Å². The van der Waals surface area contributed by atoms with Crippen molar-refractivity contribution in [1.82, 2.24) is 19.7 Å². The number of hydrogen-bond donors (Lipinski definition) is 0. The molecule has 0 aliphatic carbocycles. The summed E-state index contributed by atoms with van der Waals surface area (Å²) in [4.78, 5) is 4.28. The van der Waals surface area contributed by atoms with E-state index in [1.54, 1.807) is 41.8 Å². The van der Waals surface area contributed by atoms with Crippen molar-refractivity contribution in [2.45, 2.75) is 37.4 Å². The molecule has 11 heteroatoms. The molecule has 33 heavy (non-hydrogen) atoms. The second-order valence-corrected chi connectivity index (χ2v) is 10.3. The Labute approximate surface area is 198 Å². The summed E-state index contributed by atoms with van der Waals surface area (Å²) in [6.45, 7) is 3.61. The van der Waals surface area contributed by atoms with Gasteiger partial charge in [-0.15, -0.1) is 10.2 Å². The quantitative estimate of drug-likeness (QED) is 0.421. The number of rotatable bonds is 10. The van der Waals surface area contributed by atoms with Crippen molar-refractivity contribution in [3.63, 3.8) is 0 Å². The Bertz CT molecular complexity index is 1180. The fourth-order valence-corrected chi connectivity index (χ4v) is 5.18. The van der Waals surface area contributed by atoms with E-state index in [1.807, 2.05) is 6.92 Å². The highest BCUT2D eigenvalue weighted by molar-refractivity contribution is 7.91. The third kappa shape index (κ3) is 5.29. The first-order valence-corrected chi connectivity index (χ1v) is 12.3. The van der Waals surface area contributed by atoms with Crippen LogP contribution in [0.3, 0.4) is 0 Å². The highest BCUT2D eigenvalue weighted by Crippen LogP contribution is 2.35. The molecule has 0 unspecified atom stereocenters. The van der Waals surface area contributed by atoms with Crippen molar-refractivity contribution in [2.24, 2.45) is 0 Å². The number of benzene rings is 1. The smallest absolute Gasteiger partial charge is 0.163 e. The van der Waals surface area contributed by atoms with Crippen molar-refractivity contribution in [3.05, 3.63) is 58.9 Å². The molecule has 0 saturated heterocycles. The molecular weight excluding hydrogens is 468 g/mol. The first-order valence-electron chi connectivity index (χ1n) is 10.2. The number of aromatic nitrogens is 4. The number of para-hydroxylation sites is 1. The lowest BCUT2D eigenvalue weighted by Crippen LogP contribution is -2.27. The van der Waals surface area contributed by atoms with Crippen molar-refractivity contribution < 1.29 is 22.6 Å². The predicted molar refractivity (Wildman–Crippen MR) is 125 cm³/mol. The largest absolute Gasteiger partial charge is 0.494 e. The topological polar surface area (TPSA) is 105 Å². The summed E-state index contributed by atoms with van der Waals surface area (Å²) >= 11 is 5.92. The van der Waals surface area contributed by atoms with Gasteiger partial charge in [0.15, 0.2) is 21.5 Å². The summed E-state index contributed by atoms with van der Waals surface area (Å²) in [5.74, 6) is 0.916. The lowest BCUT2D eigenvalue weighted by Gasteiger charge is -2.21. The van der Waals surface area contributed by atoms with Gasteiger partial charge in [-0.1, -0.05) is 24.6 Å². The van der Waals surface area contributed by atoms with Crippen LogP contribution in [0.1, 0.15) is 37.1 Å². The normalized spacial score (nSPS) is 13.5.